The van der Waals surface area contributed by atoms with E-state index in [9.17, 15) is 4.79 Å². The minimum Gasteiger partial charge on any atom is -0.336 e. The van der Waals surface area contributed by atoms with Gasteiger partial charge in [-0.3, -0.25) is 19.1 Å². The molecule has 1 fully saturated rings. The van der Waals surface area contributed by atoms with Crippen LogP contribution in [0.15, 0.2) is 41.2 Å². The Hall–Kier alpha value is -3.42. The Morgan fingerprint density at radius 2 is 1.83 bits per heavy atom. The molecule has 35 heavy (non-hydrogen) atoms. The molecule has 0 unspecified atom stereocenters. The predicted molar refractivity (Wildman–Crippen MR) is 139 cm³/mol. The summed E-state index contributed by atoms with van der Waals surface area (Å²) >= 11 is 0. The summed E-state index contributed by atoms with van der Waals surface area (Å²) in [7, 11) is 3.80. The molecule has 1 aliphatic carbocycles. The van der Waals surface area contributed by atoms with Gasteiger partial charge < -0.3 is 4.90 Å². The Kier molecular flexibility index (Phi) is 6.70. The normalized spacial score (nSPS) is 14.6. The zero-order valence-corrected chi connectivity index (χ0v) is 21.0. The van der Waals surface area contributed by atoms with E-state index in [2.05, 4.69) is 40.1 Å². The molecule has 0 bridgehead atoms. The maximum Gasteiger partial charge on any atom is 0.278 e. The van der Waals surface area contributed by atoms with E-state index in [1.54, 1.807) is 4.68 Å². The van der Waals surface area contributed by atoms with Crippen molar-refractivity contribution in [2.24, 2.45) is 20.0 Å². The molecule has 3 heterocycles. The lowest BCUT2D eigenvalue weighted by Gasteiger charge is -2.30. The zero-order chi connectivity index (χ0) is 24.4. The van der Waals surface area contributed by atoms with E-state index >= 15 is 0 Å². The standard InChI is InChI=1S/C27H35N7O/c1-4-11-22-24-25(33(3)30-22)26(35)29-27(28-24)34(17-19-12-7-5-8-13-19)18-21-16-23(31-32(21)2)20-14-9-6-10-15-20/h6,9-10,14-16,19H,4-5,7-8,11-13,17-18H2,1-3H3,(H,28,29,35). The van der Waals surface area contributed by atoms with Gasteiger partial charge in [0.1, 0.15) is 5.52 Å². The molecule has 3 aromatic heterocycles. The third-order valence-corrected chi connectivity index (χ3v) is 7.14. The van der Waals surface area contributed by atoms with Crippen molar-refractivity contribution in [3.05, 3.63) is 58.1 Å². The summed E-state index contributed by atoms with van der Waals surface area (Å²) in [6, 6.07) is 12.4. The summed E-state index contributed by atoms with van der Waals surface area (Å²) in [4.78, 5) is 23.5. The van der Waals surface area contributed by atoms with E-state index in [0.29, 0.717) is 23.9 Å². The van der Waals surface area contributed by atoms with Gasteiger partial charge in [0, 0.05) is 26.2 Å². The summed E-state index contributed by atoms with van der Waals surface area (Å²) in [6.45, 7) is 3.62. The van der Waals surface area contributed by atoms with Gasteiger partial charge in [-0.1, -0.05) is 62.9 Å². The van der Waals surface area contributed by atoms with Gasteiger partial charge in [0.15, 0.2) is 5.52 Å². The molecule has 0 saturated heterocycles. The molecule has 1 N–H and O–H groups in total. The van der Waals surface area contributed by atoms with Crippen LogP contribution in [0.2, 0.25) is 0 Å². The van der Waals surface area contributed by atoms with E-state index in [1.165, 1.54) is 32.1 Å². The Morgan fingerprint density at radius 1 is 1.06 bits per heavy atom. The Bertz CT molecular complexity index is 1350. The summed E-state index contributed by atoms with van der Waals surface area (Å²) in [5.74, 6) is 1.22. The summed E-state index contributed by atoms with van der Waals surface area (Å²) in [5.41, 5.74) is 5.16. The number of aromatic amines is 1. The highest BCUT2D eigenvalue weighted by molar-refractivity contribution is 5.77. The van der Waals surface area contributed by atoms with E-state index in [1.807, 2.05) is 37.0 Å². The number of nitrogens with one attached hydrogen (secondary N) is 1. The van der Waals surface area contributed by atoms with E-state index in [4.69, 9.17) is 10.1 Å². The number of anilines is 1. The van der Waals surface area contributed by atoms with Crippen molar-refractivity contribution in [3.63, 3.8) is 0 Å². The van der Waals surface area contributed by atoms with Crippen molar-refractivity contribution in [2.45, 2.75) is 58.4 Å². The average molecular weight is 474 g/mol. The lowest BCUT2D eigenvalue weighted by Crippen LogP contribution is -2.33. The van der Waals surface area contributed by atoms with Crippen LogP contribution in [0.1, 0.15) is 56.8 Å². The predicted octanol–water partition coefficient (Wildman–Crippen LogP) is 4.60. The number of rotatable bonds is 8. The fourth-order valence-electron chi connectivity index (χ4n) is 5.30. The van der Waals surface area contributed by atoms with E-state index in [-0.39, 0.29) is 5.56 Å². The van der Waals surface area contributed by atoms with Crippen molar-refractivity contribution >= 4 is 17.0 Å². The van der Waals surface area contributed by atoms with Crippen LogP contribution in [0.3, 0.4) is 0 Å². The molecule has 1 aliphatic rings. The average Bonchev–Trinajstić information content (AvgIpc) is 3.39. The van der Waals surface area contributed by atoms with Gasteiger partial charge in [0.05, 0.1) is 23.6 Å². The molecule has 0 radical (unpaired) electrons. The Labute approximate surface area is 206 Å². The first kappa shape index (κ1) is 23.3. The van der Waals surface area contributed by atoms with Gasteiger partial charge in [-0.05, 0) is 31.2 Å². The fourth-order valence-corrected chi connectivity index (χ4v) is 5.30. The molecule has 1 aromatic carbocycles. The maximum atomic E-state index is 13.1. The SMILES string of the molecule is CCCc1nn(C)c2c(=O)[nH]c(N(Cc3cc(-c4ccccc4)nn3C)CC3CCCCC3)nc12. The second-order valence-electron chi connectivity index (χ2n) is 9.80. The van der Waals surface area contributed by atoms with Crippen LogP contribution >= 0.6 is 0 Å². The van der Waals surface area contributed by atoms with Gasteiger partial charge >= 0.3 is 0 Å². The third kappa shape index (κ3) is 4.88. The molecule has 4 aromatic rings. The van der Waals surface area contributed by atoms with Gasteiger partial charge in [-0.25, -0.2) is 4.98 Å². The third-order valence-electron chi connectivity index (χ3n) is 7.14. The number of fused-ring (bicyclic) bond motifs is 1. The second kappa shape index (κ2) is 10.1. The molecule has 1 saturated carbocycles. The van der Waals surface area contributed by atoms with E-state index < -0.39 is 0 Å². The van der Waals surface area contributed by atoms with Crippen molar-refractivity contribution in [3.8, 4) is 11.3 Å². The largest absolute Gasteiger partial charge is 0.336 e. The molecular weight excluding hydrogens is 438 g/mol. The zero-order valence-electron chi connectivity index (χ0n) is 21.0. The molecular formula is C27H35N7O. The van der Waals surface area contributed by atoms with Crippen LogP contribution in [0.4, 0.5) is 5.95 Å². The lowest BCUT2D eigenvalue weighted by molar-refractivity contribution is 0.355. The number of hydrogen-bond acceptors (Lipinski definition) is 5. The quantitative estimate of drug-likeness (QED) is 0.404. The van der Waals surface area contributed by atoms with Crippen LogP contribution in [0.25, 0.3) is 22.3 Å². The van der Waals surface area contributed by atoms with Crippen LogP contribution in [0.5, 0.6) is 0 Å². The molecule has 8 nitrogen and oxygen atoms in total. The Balaban J connectivity index is 1.53. The number of benzene rings is 1. The summed E-state index contributed by atoms with van der Waals surface area (Å²) in [6.07, 6.45) is 8.06. The highest BCUT2D eigenvalue weighted by Crippen LogP contribution is 2.28. The van der Waals surface area contributed by atoms with Gasteiger partial charge in [0.25, 0.3) is 5.56 Å². The fraction of sp³-hybridized carbons (Fsp3) is 0.481. The minimum absolute atomic E-state index is 0.133. The number of aryl methyl sites for hydroxylation is 3. The minimum atomic E-state index is -0.133. The monoisotopic (exact) mass is 473 g/mol. The van der Waals surface area contributed by atoms with Crippen LogP contribution in [-0.4, -0.2) is 36.1 Å². The van der Waals surface area contributed by atoms with Gasteiger partial charge in [-0.15, -0.1) is 0 Å². The van der Waals surface area contributed by atoms with Gasteiger partial charge in [-0.2, -0.15) is 10.2 Å². The molecule has 0 spiro atoms. The molecule has 8 heteroatoms. The van der Waals surface area contributed by atoms with Crippen LogP contribution < -0.4 is 10.5 Å². The van der Waals surface area contributed by atoms with Crippen molar-refractivity contribution < 1.29 is 0 Å². The smallest absolute Gasteiger partial charge is 0.278 e. The first-order valence-corrected chi connectivity index (χ1v) is 12.8. The molecule has 0 amide bonds. The number of aromatic nitrogens is 6. The van der Waals surface area contributed by atoms with Crippen LogP contribution in [-0.2, 0) is 27.1 Å². The van der Waals surface area contributed by atoms with Crippen molar-refractivity contribution in [2.75, 3.05) is 11.4 Å². The van der Waals surface area contributed by atoms with Crippen molar-refractivity contribution in [1.82, 2.24) is 29.5 Å². The first-order valence-electron chi connectivity index (χ1n) is 12.8. The number of hydrogen-bond donors (Lipinski definition) is 1. The first-order chi connectivity index (χ1) is 17.0. The summed E-state index contributed by atoms with van der Waals surface area (Å²) in [5, 5.41) is 9.36. The van der Waals surface area contributed by atoms with Crippen LogP contribution in [0, 0.1) is 5.92 Å². The topological polar surface area (TPSA) is 84.6 Å². The maximum absolute atomic E-state index is 13.1. The molecule has 5 rings (SSSR count). The van der Waals surface area contributed by atoms with Gasteiger partial charge in [0.2, 0.25) is 5.95 Å². The molecule has 0 atom stereocenters. The van der Waals surface area contributed by atoms with Crippen molar-refractivity contribution in [1.29, 1.82) is 0 Å². The molecule has 0 aliphatic heterocycles. The lowest BCUT2D eigenvalue weighted by atomic mass is 9.89. The molecule has 184 valence electrons. The van der Waals surface area contributed by atoms with E-state index in [0.717, 1.165) is 47.5 Å². The Morgan fingerprint density at radius 3 is 2.57 bits per heavy atom. The highest BCUT2D eigenvalue weighted by Gasteiger charge is 2.23. The number of nitrogens with zero attached hydrogens (tertiary/aromatic N) is 6. The highest BCUT2D eigenvalue weighted by atomic mass is 16.1. The number of H-pyrrole nitrogens is 1. The summed E-state index contributed by atoms with van der Waals surface area (Å²) < 4.78 is 3.61. The second-order valence-corrected chi connectivity index (χ2v) is 9.80.